The maximum absolute atomic E-state index is 12.8. The molecule has 9 nitrogen and oxygen atoms in total. The van der Waals surface area contributed by atoms with Crippen molar-refractivity contribution in [1.82, 2.24) is 16.0 Å². The van der Waals surface area contributed by atoms with Crippen LogP contribution in [0.4, 0.5) is 0 Å². The molecule has 9 heteroatoms. The van der Waals surface area contributed by atoms with Crippen LogP contribution in [0.5, 0.6) is 0 Å². The van der Waals surface area contributed by atoms with Crippen LogP contribution < -0.4 is 21.7 Å². The molecule has 0 bridgehead atoms. The first-order valence-corrected chi connectivity index (χ1v) is 9.46. The summed E-state index contributed by atoms with van der Waals surface area (Å²) in [6.45, 7) is 6.32. The van der Waals surface area contributed by atoms with Gasteiger partial charge in [-0.15, -0.1) is 0 Å². The Morgan fingerprint density at radius 1 is 0.897 bits per heavy atom. The van der Waals surface area contributed by atoms with E-state index in [1.807, 2.05) is 6.07 Å². The highest BCUT2D eigenvalue weighted by atomic mass is 16.4. The van der Waals surface area contributed by atoms with Crippen LogP contribution in [0.15, 0.2) is 30.3 Å². The number of carboxylic acids is 1. The van der Waals surface area contributed by atoms with Crippen molar-refractivity contribution in [2.45, 2.75) is 58.3 Å². The average Bonchev–Trinajstić information content (AvgIpc) is 2.65. The van der Waals surface area contributed by atoms with Gasteiger partial charge in [-0.05, 0) is 25.3 Å². The number of aliphatic carboxylic acids is 1. The third-order valence-corrected chi connectivity index (χ3v) is 4.31. The van der Waals surface area contributed by atoms with Crippen molar-refractivity contribution < 1.29 is 24.3 Å². The first-order valence-electron chi connectivity index (χ1n) is 9.46. The van der Waals surface area contributed by atoms with Crippen LogP contribution in [-0.4, -0.2) is 53.0 Å². The minimum atomic E-state index is -1.16. The second-order valence-electron chi connectivity index (χ2n) is 7.34. The van der Waals surface area contributed by atoms with Gasteiger partial charge in [0.2, 0.25) is 17.7 Å². The molecule has 4 atom stereocenters. The van der Waals surface area contributed by atoms with Gasteiger partial charge in [0.1, 0.15) is 18.1 Å². The Hall–Kier alpha value is -2.94. The predicted octanol–water partition coefficient (Wildman–Crippen LogP) is -0.209. The van der Waals surface area contributed by atoms with Crippen LogP contribution in [-0.2, 0) is 25.6 Å². The highest BCUT2D eigenvalue weighted by Gasteiger charge is 2.30. The summed E-state index contributed by atoms with van der Waals surface area (Å²) in [5.74, 6) is -3.19. The second-order valence-corrected chi connectivity index (χ2v) is 7.34. The first-order chi connectivity index (χ1) is 13.5. The molecule has 6 N–H and O–H groups in total. The molecule has 29 heavy (non-hydrogen) atoms. The number of carbonyl (C=O) groups excluding carboxylic acids is 3. The van der Waals surface area contributed by atoms with Crippen LogP contribution in [0.1, 0.15) is 33.3 Å². The zero-order valence-corrected chi connectivity index (χ0v) is 17.1. The van der Waals surface area contributed by atoms with E-state index in [1.54, 1.807) is 38.1 Å². The van der Waals surface area contributed by atoms with Gasteiger partial charge in [0, 0.05) is 6.42 Å². The van der Waals surface area contributed by atoms with Gasteiger partial charge in [-0.3, -0.25) is 14.4 Å². The molecule has 0 spiro atoms. The zero-order valence-electron chi connectivity index (χ0n) is 17.1. The van der Waals surface area contributed by atoms with Crippen molar-refractivity contribution in [1.29, 1.82) is 0 Å². The summed E-state index contributed by atoms with van der Waals surface area (Å²) in [5.41, 5.74) is 6.27. The maximum Gasteiger partial charge on any atom is 0.326 e. The highest BCUT2D eigenvalue weighted by molar-refractivity contribution is 5.94. The number of hydrogen-bond donors (Lipinski definition) is 5. The number of carbonyl (C=O) groups is 4. The third-order valence-electron chi connectivity index (χ3n) is 4.31. The van der Waals surface area contributed by atoms with Crippen LogP contribution in [0, 0.1) is 5.92 Å². The van der Waals surface area contributed by atoms with Crippen LogP contribution in [0.25, 0.3) is 0 Å². The molecule has 0 saturated heterocycles. The average molecular weight is 406 g/mol. The molecule has 0 saturated carbocycles. The fourth-order valence-corrected chi connectivity index (χ4v) is 2.53. The normalized spacial score (nSPS) is 15.0. The Morgan fingerprint density at radius 3 is 1.97 bits per heavy atom. The molecule has 0 aliphatic carbocycles. The Kier molecular flexibility index (Phi) is 9.27. The first kappa shape index (κ1) is 24.1. The van der Waals surface area contributed by atoms with E-state index in [9.17, 15) is 24.3 Å². The van der Waals surface area contributed by atoms with Crippen molar-refractivity contribution >= 4 is 23.7 Å². The van der Waals surface area contributed by atoms with E-state index in [2.05, 4.69) is 16.0 Å². The fraction of sp³-hybridized carbons (Fsp3) is 0.500. The van der Waals surface area contributed by atoms with E-state index in [4.69, 9.17) is 5.73 Å². The summed E-state index contributed by atoms with van der Waals surface area (Å²) < 4.78 is 0. The van der Waals surface area contributed by atoms with Gasteiger partial charge in [0.05, 0.1) is 6.04 Å². The summed E-state index contributed by atoms with van der Waals surface area (Å²) in [7, 11) is 0. The molecule has 1 aromatic carbocycles. The monoisotopic (exact) mass is 406 g/mol. The van der Waals surface area contributed by atoms with Crippen LogP contribution in [0.2, 0.25) is 0 Å². The molecular weight excluding hydrogens is 376 g/mol. The van der Waals surface area contributed by atoms with Crippen molar-refractivity contribution in [3.63, 3.8) is 0 Å². The summed E-state index contributed by atoms with van der Waals surface area (Å²) in [4.78, 5) is 48.4. The molecule has 0 aliphatic heterocycles. The number of carboxylic acid groups (broad SMARTS) is 1. The second kappa shape index (κ2) is 11.2. The van der Waals surface area contributed by atoms with Crippen LogP contribution in [0.3, 0.4) is 0 Å². The number of nitrogens with one attached hydrogen (secondary N) is 3. The Labute approximate surface area is 170 Å². The molecule has 0 radical (unpaired) electrons. The Bertz CT molecular complexity index is 721. The van der Waals surface area contributed by atoms with Gasteiger partial charge in [-0.25, -0.2) is 4.79 Å². The van der Waals surface area contributed by atoms with Crippen molar-refractivity contribution in [3.05, 3.63) is 35.9 Å². The van der Waals surface area contributed by atoms with Gasteiger partial charge in [-0.2, -0.15) is 0 Å². The molecule has 1 rings (SSSR count). The molecule has 1 aromatic rings. The zero-order chi connectivity index (χ0) is 22.1. The molecule has 0 fully saturated rings. The third kappa shape index (κ3) is 7.90. The predicted molar refractivity (Wildman–Crippen MR) is 108 cm³/mol. The minimum Gasteiger partial charge on any atom is -0.480 e. The lowest BCUT2D eigenvalue weighted by atomic mass is 10.0. The SMILES string of the molecule is CC(N)C(=O)NC(C)C(=O)NC(Cc1ccccc1)C(=O)NC(C(=O)O)C(C)C. The lowest BCUT2D eigenvalue weighted by Gasteiger charge is -2.25. The van der Waals surface area contributed by atoms with E-state index in [1.165, 1.54) is 13.8 Å². The van der Waals surface area contributed by atoms with Crippen molar-refractivity contribution in [2.75, 3.05) is 0 Å². The molecular formula is C20H30N4O5. The lowest BCUT2D eigenvalue weighted by Crippen LogP contribution is -2.57. The maximum atomic E-state index is 12.8. The Morgan fingerprint density at radius 2 is 1.48 bits per heavy atom. The number of nitrogens with two attached hydrogens (primary N) is 1. The fourth-order valence-electron chi connectivity index (χ4n) is 2.53. The van der Waals surface area contributed by atoms with Gasteiger partial charge < -0.3 is 26.8 Å². The van der Waals surface area contributed by atoms with E-state index in [0.29, 0.717) is 0 Å². The molecule has 0 aliphatic rings. The molecule has 0 heterocycles. The summed E-state index contributed by atoms with van der Waals surface area (Å²) in [6.07, 6.45) is 0.163. The summed E-state index contributed by atoms with van der Waals surface area (Å²) in [6, 6.07) is 5.21. The standard InChI is InChI=1S/C20H30N4O5/c1-11(2)16(20(28)29)24-19(27)15(10-14-8-6-5-7-9-14)23-18(26)13(4)22-17(25)12(3)21/h5-9,11-13,15-16H,10,21H2,1-4H3,(H,22,25)(H,23,26)(H,24,27)(H,28,29). The van der Waals surface area contributed by atoms with E-state index in [0.717, 1.165) is 5.56 Å². The summed E-state index contributed by atoms with van der Waals surface area (Å²) in [5, 5.41) is 16.9. The van der Waals surface area contributed by atoms with Gasteiger partial charge in [0.15, 0.2) is 0 Å². The van der Waals surface area contributed by atoms with E-state index in [-0.39, 0.29) is 12.3 Å². The number of amides is 3. The molecule has 4 unspecified atom stereocenters. The number of hydrogen-bond acceptors (Lipinski definition) is 5. The van der Waals surface area contributed by atoms with E-state index < -0.39 is 47.9 Å². The van der Waals surface area contributed by atoms with Crippen molar-refractivity contribution in [3.8, 4) is 0 Å². The van der Waals surface area contributed by atoms with Crippen molar-refractivity contribution in [2.24, 2.45) is 11.7 Å². The lowest BCUT2D eigenvalue weighted by molar-refractivity contribution is -0.143. The summed E-state index contributed by atoms with van der Waals surface area (Å²) >= 11 is 0. The highest BCUT2D eigenvalue weighted by Crippen LogP contribution is 2.07. The topological polar surface area (TPSA) is 151 Å². The van der Waals surface area contributed by atoms with Gasteiger partial charge in [-0.1, -0.05) is 44.2 Å². The van der Waals surface area contributed by atoms with Crippen LogP contribution >= 0.6 is 0 Å². The number of benzene rings is 1. The van der Waals surface area contributed by atoms with E-state index >= 15 is 0 Å². The van der Waals surface area contributed by atoms with Gasteiger partial charge in [0.25, 0.3) is 0 Å². The molecule has 3 amide bonds. The minimum absolute atomic E-state index is 0.163. The number of rotatable bonds is 10. The Balaban J connectivity index is 2.95. The smallest absolute Gasteiger partial charge is 0.326 e. The molecule has 0 aromatic heterocycles. The molecule has 160 valence electrons. The van der Waals surface area contributed by atoms with Gasteiger partial charge >= 0.3 is 5.97 Å². The largest absolute Gasteiger partial charge is 0.480 e. The quantitative estimate of drug-likeness (QED) is 0.363.